The Bertz CT molecular complexity index is 797. The second-order valence-electron chi connectivity index (χ2n) is 6.99. The lowest BCUT2D eigenvalue weighted by Gasteiger charge is -2.40. The molecule has 1 unspecified atom stereocenters. The van der Waals surface area contributed by atoms with Gasteiger partial charge in [0.2, 0.25) is 5.91 Å². The van der Waals surface area contributed by atoms with Crippen LogP contribution in [-0.4, -0.2) is 29.2 Å². The van der Waals surface area contributed by atoms with E-state index in [1.54, 1.807) is 4.90 Å². The molecule has 0 spiro atoms. The smallest absolute Gasteiger partial charge is 0.229 e. The van der Waals surface area contributed by atoms with Crippen molar-refractivity contribution in [2.24, 2.45) is 5.92 Å². The van der Waals surface area contributed by atoms with Gasteiger partial charge in [-0.3, -0.25) is 4.79 Å². The Hall–Kier alpha value is -2.91. The van der Waals surface area contributed by atoms with Crippen LogP contribution in [0.25, 0.3) is 0 Å². The fourth-order valence-corrected chi connectivity index (χ4v) is 4.49. The number of nitrogens with zero attached hydrogens (tertiary/aromatic N) is 1. The van der Waals surface area contributed by atoms with E-state index in [9.17, 15) is 9.90 Å². The Morgan fingerprint density at radius 1 is 0.778 bits per heavy atom. The largest absolute Gasteiger partial charge is 0.376 e. The highest BCUT2D eigenvalue weighted by molar-refractivity contribution is 5.85. The van der Waals surface area contributed by atoms with Crippen molar-refractivity contribution in [1.29, 1.82) is 0 Å². The molecule has 3 heteroatoms. The third-order valence-corrected chi connectivity index (χ3v) is 5.68. The number of benzene rings is 3. The molecule has 1 aliphatic heterocycles. The van der Waals surface area contributed by atoms with Crippen molar-refractivity contribution in [3.8, 4) is 0 Å². The van der Waals surface area contributed by atoms with Crippen LogP contribution < -0.4 is 0 Å². The number of aliphatic hydroxyl groups excluding tert-OH is 1. The Kier molecular flexibility index (Phi) is 4.78. The highest BCUT2D eigenvalue weighted by Gasteiger charge is 2.50. The number of carbonyl (C=O) groups is 1. The van der Waals surface area contributed by atoms with Gasteiger partial charge in [0.15, 0.2) is 0 Å². The van der Waals surface area contributed by atoms with Gasteiger partial charge in [-0.15, -0.1) is 0 Å². The summed E-state index contributed by atoms with van der Waals surface area (Å²) >= 11 is 0. The van der Waals surface area contributed by atoms with Gasteiger partial charge in [-0.05, 0) is 23.1 Å². The Balaban J connectivity index is 2.03. The fourth-order valence-electron chi connectivity index (χ4n) is 4.49. The number of hydrogen-bond acceptors (Lipinski definition) is 2. The van der Waals surface area contributed by atoms with Crippen molar-refractivity contribution < 1.29 is 9.90 Å². The van der Waals surface area contributed by atoms with E-state index in [1.807, 2.05) is 54.6 Å². The number of amides is 1. The minimum Gasteiger partial charge on any atom is -0.376 e. The van der Waals surface area contributed by atoms with Crippen LogP contribution in [0, 0.1) is 5.92 Å². The molecule has 27 heavy (non-hydrogen) atoms. The van der Waals surface area contributed by atoms with Crippen LogP contribution in [0.5, 0.6) is 0 Å². The van der Waals surface area contributed by atoms with Crippen molar-refractivity contribution >= 4 is 5.91 Å². The Morgan fingerprint density at radius 3 is 1.52 bits per heavy atom. The topological polar surface area (TPSA) is 40.5 Å². The number of likely N-dealkylation sites (tertiary alicyclic amines) is 1. The summed E-state index contributed by atoms with van der Waals surface area (Å²) in [4.78, 5) is 14.8. The minimum atomic E-state index is -0.592. The predicted molar refractivity (Wildman–Crippen MR) is 106 cm³/mol. The lowest BCUT2D eigenvalue weighted by Crippen LogP contribution is -2.42. The van der Waals surface area contributed by atoms with Crippen molar-refractivity contribution in [3.05, 3.63) is 108 Å². The maximum atomic E-state index is 13.3. The van der Waals surface area contributed by atoms with Crippen molar-refractivity contribution in [1.82, 2.24) is 4.90 Å². The van der Waals surface area contributed by atoms with Gasteiger partial charge in [0.25, 0.3) is 0 Å². The second-order valence-corrected chi connectivity index (χ2v) is 6.99. The van der Waals surface area contributed by atoms with Gasteiger partial charge in [-0.25, -0.2) is 0 Å². The monoisotopic (exact) mass is 357 g/mol. The quantitative estimate of drug-likeness (QED) is 0.705. The van der Waals surface area contributed by atoms with Gasteiger partial charge in [0.1, 0.15) is 6.73 Å². The van der Waals surface area contributed by atoms with Gasteiger partial charge in [0.05, 0.1) is 11.3 Å². The number of aliphatic hydroxyl groups is 1. The van der Waals surface area contributed by atoms with Crippen LogP contribution in [0.3, 0.4) is 0 Å². The zero-order chi connectivity index (χ0) is 18.7. The van der Waals surface area contributed by atoms with E-state index in [4.69, 9.17) is 0 Å². The molecule has 1 saturated heterocycles. The third kappa shape index (κ3) is 2.84. The molecule has 136 valence electrons. The number of rotatable bonds is 5. The zero-order valence-electron chi connectivity index (χ0n) is 15.2. The van der Waals surface area contributed by atoms with Crippen LogP contribution in [0.15, 0.2) is 91.0 Å². The first kappa shape index (κ1) is 17.5. The maximum Gasteiger partial charge on any atom is 0.229 e. The summed E-state index contributed by atoms with van der Waals surface area (Å²) < 4.78 is 0. The summed E-state index contributed by atoms with van der Waals surface area (Å²) in [5, 5.41) is 9.64. The van der Waals surface area contributed by atoms with Gasteiger partial charge in [-0.2, -0.15) is 0 Å². The van der Waals surface area contributed by atoms with Crippen molar-refractivity contribution in [2.75, 3.05) is 13.3 Å². The number of carbonyl (C=O) groups excluding carboxylic acids is 1. The summed E-state index contributed by atoms with van der Waals surface area (Å²) in [7, 11) is 0. The zero-order valence-corrected chi connectivity index (χ0v) is 15.2. The Labute approximate surface area is 159 Å². The lowest BCUT2D eigenvalue weighted by atomic mass is 9.61. The molecule has 0 bridgehead atoms. The summed E-state index contributed by atoms with van der Waals surface area (Å²) in [5.74, 6) is -0.258. The molecule has 3 aromatic carbocycles. The minimum absolute atomic E-state index is 0.00839. The molecule has 1 atom stereocenters. The first-order valence-corrected chi connectivity index (χ1v) is 9.34. The highest BCUT2D eigenvalue weighted by atomic mass is 16.3. The third-order valence-electron chi connectivity index (χ3n) is 5.68. The first-order chi connectivity index (χ1) is 13.3. The summed E-state index contributed by atoms with van der Waals surface area (Å²) in [6.45, 7) is 0.345. The standard InChI is InChI=1S/C24H23NO2/c26-18-25-17-16-22(23(25)27)24(19-10-4-1-5-11-19,20-12-6-2-7-13-20)21-14-8-3-9-15-21/h1-15,22,26H,16-18H2. The van der Waals surface area contributed by atoms with E-state index < -0.39 is 5.41 Å². The second kappa shape index (κ2) is 7.37. The van der Waals surface area contributed by atoms with Gasteiger partial charge in [-0.1, -0.05) is 91.0 Å². The number of hydrogen-bond donors (Lipinski definition) is 1. The summed E-state index contributed by atoms with van der Waals surface area (Å²) in [5.41, 5.74) is 2.70. The van der Waals surface area contributed by atoms with E-state index in [0.29, 0.717) is 13.0 Å². The first-order valence-electron chi connectivity index (χ1n) is 9.34. The molecule has 4 rings (SSSR count). The molecule has 1 aliphatic rings. The molecule has 0 aliphatic carbocycles. The normalized spacial score (nSPS) is 17.3. The van der Waals surface area contributed by atoms with Gasteiger partial charge in [0, 0.05) is 6.54 Å². The molecule has 1 heterocycles. The molecule has 1 amide bonds. The average molecular weight is 357 g/mol. The van der Waals surface area contributed by atoms with Gasteiger partial charge < -0.3 is 10.0 Å². The molecule has 0 aromatic heterocycles. The molecule has 3 nitrogen and oxygen atoms in total. The average Bonchev–Trinajstić information content (AvgIpc) is 3.12. The Morgan fingerprint density at radius 2 is 1.19 bits per heavy atom. The lowest BCUT2D eigenvalue weighted by molar-refractivity contribution is -0.135. The summed E-state index contributed by atoms with van der Waals surface area (Å²) in [6.07, 6.45) is 0.706. The van der Waals surface area contributed by atoms with Gasteiger partial charge >= 0.3 is 0 Å². The predicted octanol–water partition coefficient (Wildman–Crippen LogP) is 3.82. The van der Waals surface area contributed by atoms with Crippen molar-refractivity contribution in [2.45, 2.75) is 11.8 Å². The molecule has 3 aromatic rings. The molecule has 1 N–H and O–H groups in total. The van der Waals surface area contributed by atoms with Crippen LogP contribution in [0.1, 0.15) is 23.1 Å². The molecule has 0 saturated carbocycles. The highest BCUT2D eigenvalue weighted by Crippen LogP contribution is 2.48. The molecular formula is C24H23NO2. The maximum absolute atomic E-state index is 13.3. The SMILES string of the molecule is O=C1C(C(c2ccccc2)(c2ccccc2)c2ccccc2)CCN1CO. The van der Waals surface area contributed by atoms with Crippen LogP contribution in [0.2, 0.25) is 0 Å². The van der Waals surface area contributed by atoms with Crippen molar-refractivity contribution in [3.63, 3.8) is 0 Å². The molecule has 0 radical (unpaired) electrons. The summed E-state index contributed by atoms with van der Waals surface area (Å²) in [6, 6.07) is 30.8. The van der Waals surface area contributed by atoms with Crippen LogP contribution in [-0.2, 0) is 10.2 Å². The molecule has 1 fully saturated rings. The van der Waals surface area contributed by atoms with Crippen LogP contribution >= 0.6 is 0 Å². The van der Waals surface area contributed by atoms with E-state index in [1.165, 1.54) is 0 Å². The molecular weight excluding hydrogens is 334 g/mol. The van der Waals surface area contributed by atoms with E-state index in [0.717, 1.165) is 16.7 Å². The van der Waals surface area contributed by atoms with Crippen LogP contribution in [0.4, 0.5) is 0 Å². The fraction of sp³-hybridized carbons (Fsp3) is 0.208. The van der Waals surface area contributed by atoms with E-state index in [-0.39, 0.29) is 18.6 Å². The van der Waals surface area contributed by atoms with E-state index >= 15 is 0 Å². The van der Waals surface area contributed by atoms with E-state index in [2.05, 4.69) is 36.4 Å².